The molecule has 0 atom stereocenters. The molecule has 5 nitrogen and oxygen atoms in total. The number of rotatable bonds is 2. The average Bonchev–Trinajstić information content (AvgIpc) is 2.46. The van der Waals surface area contributed by atoms with Crippen molar-refractivity contribution in [3.05, 3.63) is 29.6 Å². The second-order valence-corrected chi connectivity index (χ2v) is 5.53. The van der Waals surface area contributed by atoms with Crippen molar-refractivity contribution in [2.45, 2.75) is 25.9 Å². The molecule has 1 N–H and O–H groups in total. The summed E-state index contributed by atoms with van der Waals surface area (Å²) in [7, 11) is 0. The first-order valence-electron chi connectivity index (χ1n) is 7.00. The number of nitrogens with zero attached hydrogens (tertiary/aromatic N) is 2. The van der Waals surface area contributed by atoms with Gasteiger partial charge in [-0.1, -0.05) is 11.8 Å². The molecule has 0 radical (unpaired) electrons. The van der Waals surface area contributed by atoms with Gasteiger partial charge in [0.05, 0.1) is 29.9 Å². The lowest BCUT2D eigenvalue weighted by atomic mass is 10.0. The molecule has 1 aliphatic heterocycles. The summed E-state index contributed by atoms with van der Waals surface area (Å²) in [6.45, 7) is 5.62. The van der Waals surface area contributed by atoms with Gasteiger partial charge in [-0.2, -0.15) is 0 Å². The van der Waals surface area contributed by atoms with Crippen LogP contribution in [0.15, 0.2) is 18.5 Å². The number of amides is 1. The molecule has 0 aromatic carbocycles. The maximum Gasteiger partial charge on any atom is 0.255 e. The number of pyridine rings is 1. The highest BCUT2D eigenvalue weighted by Crippen LogP contribution is 2.19. The van der Waals surface area contributed by atoms with Crippen molar-refractivity contribution >= 4 is 5.91 Å². The molecule has 1 fully saturated rings. The van der Waals surface area contributed by atoms with Crippen molar-refractivity contribution in [1.29, 1.82) is 0 Å². The number of aliphatic hydroxyl groups is 1. The molecule has 1 aromatic rings. The van der Waals surface area contributed by atoms with E-state index >= 15 is 0 Å². The van der Waals surface area contributed by atoms with E-state index < -0.39 is 0 Å². The molecular formula is C16H20N2O3. The maximum atomic E-state index is 12.7. The van der Waals surface area contributed by atoms with E-state index in [1.807, 2.05) is 13.8 Å². The minimum Gasteiger partial charge on any atom is -0.395 e. The van der Waals surface area contributed by atoms with Gasteiger partial charge in [-0.3, -0.25) is 9.78 Å². The van der Waals surface area contributed by atoms with E-state index in [1.165, 1.54) is 0 Å². The molecule has 0 unspecified atom stereocenters. The number of carbonyl (C=O) groups is 1. The summed E-state index contributed by atoms with van der Waals surface area (Å²) in [4.78, 5) is 18.5. The van der Waals surface area contributed by atoms with Crippen LogP contribution in [-0.4, -0.2) is 52.8 Å². The largest absolute Gasteiger partial charge is 0.395 e. The Morgan fingerprint density at radius 2 is 2.38 bits per heavy atom. The van der Waals surface area contributed by atoms with Gasteiger partial charge in [0.15, 0.2) is 0 Å². The number of morpholine rings is 1. The van der Waals surface area contributed by atoms with Crippen molar-refractivity contribution in [3.8, 4) is 11.8 Å². The molecule has 1 aliphatic rings. The molecule has 1 amide bonds. The number of hydrogen-bond acceptors (Lipinski definition) is 4. The molecular weight excluding hydrogens is 268 g/mol. The highest BCUT2D eigenvalue weighted by molar-refractivity contribution is 5.96. The lowest BCUT2D eigenvalue weighted by Crippen LogP contribution is -2.50. The smallest absolute Gasteiger partial charge is 0.255 e. The first kappa shape index (κ1) is 15.5. The lowest BCUT2D eigenvalue weighted by Gasteiger charge is -2.38. The SMILES string of the molecule is CC1(C)CN(C(=O)c2ccncc2C#CCCO)CCO1. The number of carbonyl (C=O) groups excluding carboxylic acids is 1. The van der Waals surface area contributed by atoms with Crippen LogP contribution in [0.2, 0.25) is 0 Å². The van der Waals surface area contributed by atoms with Gasteiger partial charge >= 0.3 is 0 Å². The summed E-state index contributed by atoms with van der Waals surface area (Å²) in [6, 6.07) is 1.69. The third kappa shape index (κ3) is 4.03. The van der Waals surface area contributed by atoms with Crippen LogP contribution < -0.4 is 0 Å². The molecule has 5 heteroatoms. The van der Waals surface area contributed by atoms with Crippen LogP contribution in [0.1, 0.15) is 36.2 Å². The highest BCUT2D eigenvalue weighted by Gasteiger charge is 2.31. The van der Waals surface area contributed by atoms with E-state index in [0.29, 0.717) is 37.2 Å². The maximum absolute atomic E-state index is 12.7. The van der Waals surface area contributed by atoms with E-state index in [4.69, 9.17) is 9.84 Å². The molecule has 0 aliphatic carbocycles. The fourth-order valence-corrected chi connectivity index (χ4v) is 2.25. The Balaban J connectivity index is 2.21. The molecule has 0 spiro atoms. The quantitative estimate of drug-likeness (QED) is 0.827. The van der Waals surface area contributed by atoms with E-state index in [2.05, 4.69) is 16.8 Å². The molecule has 1 aromatic heterocycles. The fourth-order valence-electron chi connectivity index (χ4n) is 2.25. The molecule has 2 rings (SSSR count). The van der Waals surface area contributed by atoms with E-state index in [-0.39, 0.29) is 18.1 Å². The van der Waals surface area contributed by atoms with Crippen molar-refractivity contribution in [2.24, 2.45) is 0 Å². The summed E-state index contributed by atoms with van der Waals surface area (Å²) >= 11 is 0. The average molecular weight is 288 g/mol. The Morgan fingerprint density at radius 3 is 3.10 bits per heavy atom. The van der Waals surface area contributed by atoms with Crippen molar-refractivity contribution in [3.63, 3.8) is 0 Å². The van der Waals surface area contributed by atoms with Crippen molar-refractivity contribution in [1.82, 2.24) is 9.88 Å². The van der Waals surface area contributed by atoms with Crippen LogP contribution in [0.25, 0.3) is 0 Å². The Hall–Kier alpha value is -1.90. The lowest BCUT2D eigenvalue weighted by molar-refractivity contribution is -0.0764. The molecule has 21 heavy (non-hydrogen) atoms. The minimum atomic E-state index is -0.330. The van der Waals surface area contributed by atoms with E-state index in [0.717, 1.165) is 0 Å². The minimum absolute atomic E-state index is 0.00813. The van der Waals surface area contributed by atoms with Gasteiger partial charge in [-0.15, -0.1) is 0 Å². The van der Waals surface area contributed by atoms with Crippen LogP contribution in [-0.2, 0) is 4.74 Å². The Labute approximate surface area is 124 Å². The Kier molecular flexibility index (Phi) is 4.94. The van der Waals surface area contributed by atoms with E-state index in [1.54, 1.807) is 23.4 Å². The summed E-state index contributed by atoms with van der Waals surface area (Å²) < 4.78 is 5.63. The first-order chi connectivity index (χ1) is 10.0. The van der Waals surface area contributed by atoms with Gasteiger partial charge in [0.2, 0.25) is 0 Å². The van der Waals surface area contributed by atoms with Crippen molar-refractivity contribution in [2.75, 3.05) is 26.3 Å². The summed E-state index contributed by atoms with van der Waals surface area (Å²) in [5, 5.41) is 8.78. The van der Waals surface area contributed by atoms with E-state index in [9.17, 15) is 4.79 Å². The van der Waals surface area contributed by atoms with Crippen LogP contribution in [0.4, 0.5) is 0 Å². The zero-order chi connectivity index (χ0) is 15.3. The first-order valence-corrected chi connectivity index (χ1v) is 7.00. The number of ether oxygens (including phenoxy) is 1. The number of aliphatic hydroxyl groups excluding tert-OH is 1. The third-order valence-electron chi connectivity index (χ3n) is 3.22. The molecule has 1 saturated heterocycles. The van der Waals surface area contributed by atoms with Gasteiger partial charge in [0.1, 0.15) is 0 Å². The van der Waals surface area contributed by atoms with Gasteiger partial charge in [-0.25, -0.2) is 0 Å². The van der Waals surface area contributed by atoms with Crippen LogP contribution >= 0.6 is 0 Å². The predicted octanol–water partition coefficient (Wildman–Crippen LogP) is 1.07. The summed E-state index contributed by atoms with van der Waals surface area (Å²) in [6.07, 6.45) is 3.56. The Bertz CT molecular complexity index is 572. The van der Waals surface area contributed by atoms with Crippen LogP contribution in [0.5, 0.6) is 0 Å². The second kappa shape index (κ2) is 6.70. The van der Waals surface area contributed by atoms with Crippen LogP contribution in [0, 0.1) is 11.8 Å². The zero-order valence-electron chi connectivity index (χ0n) is 12.4. The van der Waals surface area contributed by atoms with Gasteiger partial charge in [0, 0.05) is 31.9 Å². The molecule has 112 valence electrons. The molecule has 2 heterocycles. The Morgan fingerprint density at radius 1 is 1.57 bits per heavy atom. The van der Waals surface area contributed by atoms with Gasteiger partial charge in [-0.05, 0) is 19.9 Å². The molecule has 0 saturated carbocycles. The normalized spacial score (nSPS) is 17.0. The monoisotopic (exact) mass is 288 g/mol. The number of hydrogen-bond donors (Lipinski definition) is 1. The third-order valence-corrected chi connectivity index (χ3v) is 3.22. The second-order valence-electron chi connectivity index (χ2n) is 5.53. The summed E-state index contributed by atoms with van der Waals surface area (Å²) in [5.41, 5.74) is 0.817. The fraction of sp³-hybridized carbons (Fsp3) is 0.500. The standard InChI is InChI=1S/C16H20N2O3/c1-16(2)12-18(8-10-21-16)15(20)14-6-7-17-11-13(14)5-3-4-9-19/h6-7,11,19H,4,8-10,12H2,1-2H3. The van der Waals surface area contributed by atoms with Crippen LogP contribution in [0.3, 0.4) is 0 Å². The van der Waals surface area contributed by atoms with Gasteiger partial charge < -0.3 is 14.7 Å². The van der Waals surface area contributed by atoms with Gasteiger partial charge in [0.25, 0.3) is 5.91 Å². The zero-order valence-corrected chi connectivity index (χ0v) is 12.4. The predicted molar refractivity (Wildman–Crippen MR) is 78.8 cm³/mol. The summed E-state index contributed by atoms with van der Waals surface area (Å²) in [5.74, 6) is 5.68. The van der Waals surface area contributed by atoms with Crippen molar-refractivity contribution < 1.29 is 14.6 Å². The number of aromatic nitrogens is 1. The topological polar surface area (TPSA) is 62.7 Å². The highest BCUT2D eigenvalue weighted by atomic mass is 16.5. The molecule has 0 bridgehead atoms.